The molecule has 4 atom stereocenters. The second-order valence-electron chi connectivity index (χ2n) is 14.1. The summed E-state index contributed by atoms with van der Waals surface area (Å²) in [4.78, 5) is 14.0. The molecule has 9 rings (SSSR count). The maximum Gasteiger partial charge on any atom is 0.319 e. The van der Waals surface area contributed by atoms with E-state index in [0.717, 1.165) is 24.8 Å². The van der Waals surface area contributed by atoms with E-state index in [1.807, 2.05) is 0 Å². The van der Waals surface area contributed by atoms with Gasteiger partial charge in [0.15, 0.2) is 5.82 Å². The molecule has 0 amide bonds. The normalized spacial score (nSPS) is 25.9. The van der Waals surface area contributed by atoms with Crippen LogP contribution in [-0.2, 0) is 0 Å². The van der Waals surface area contributed by atoms with Crippen LogP contribution in [0.2, 0.25) is 5.02 Å². The number of aromatic hydroxyl groups is 1. The van der Waals surface area contributed by atoms with E-state index >= 15 is 4.39 Å². The summed E-state index contributed by atoms with van der Waals surface area (Å²) in [6.07, 6.45) is 8.63. The summed E-state index contributed by atoms with van der Waals surface area (Å²) in [6.45, 7) is 6.14. The van der Waals surface area contributed by atoms with Crippen LogP contribution in [0.15, 0.2) is 48.6 Å². The van der Waals surface area contributed by atoms with Crippen molar-refractivity contribution in [2.45, 2.75) is 62.2 Å². The first-order chi connectivity index (χ1) is 23.7. The van der Waals surface area contributed by atoms with Crippen molar-refractivity contribution in [1.29, 1.82) is 0 Å². The molecule has 4 fully saturated rings. The molecule has 0 unspecified atom stereocenters. The van der Waals surface area contributed by atoms with Gasteiger partial charge in [0.1, 0.15) is 23.7 Å². The monoisotopic (exact) mass is 683 g/mol. The van der Waals surface area contributed by atoms with Crippen molar-refractivity contribution in [2.75, 3.05) is 31.1 Å². The van der Waals surface area contributed by atoms with E-state index in [1.54, 1.807) is 24.3 Å². The minimum atomic E-state index is -1.64. The summed E-state index contributed by atoms with van der Waals surface area (Å²) in [5.74, 6) is 2.45. The minimum Gasteiger partial charge on any atom is -0.508 e. The van der Waals surface area contributed by atoms with E-state index in [0.29, 0.717) is 64.6 Å². The van der Waals surface area contributed by atoms with Crippen LogP contribution in [0.5, 0.6) is 11.8 Å². The largest absolute Gasteiger partial charge is 0.508 e. The van der Waals surface area contributed by atoms with Crippen LogP contribution in [0.1, 0.15) is 49.7 Å². The lowest BCUT2D eigenvalue weighted by molar-refractivity contribution is 0.108. The summed E-state index contributed by atoms with van der Waals surface area (Å²) in [5.41, 5.74) is 1.74. The van der Waals surface area contributed by atoms with Crippen LogP contribution in [-0.4, -0.2) is 69.9 Å². The molecule has 0 saturated carbocycles. The predicted molar refractivity (Wildman–Crippen MR) is 185 cm³/mol. The maximum absolute atomic E-state index is 17.4. The molecule has 0 spiro atoms. The van der Waals surface area contributed by atoms with Gasteiger partial charge in [0.2, 0.25) is 0 Å². The molecule has 49 heavy (non-hydrogen) atoms. The Morgan fingerprint density at radius 1 is 1.20 bits per heavy atom. The van der Waals surface area contributed by atoms with Crippen LogP contribution >= 0.6 is 11.6 Å². The van der Waals surface area contributed by atoms with Crippen molar-refractivity contribution in [3.05, 3.63) is 70.5 Å². The zero-order chi connectivity index (χ0) is 33.8. The molecule has 6 heterocycles. The van der Waals surface area contributed by atoms with E-state index in [1.165, 1.54) is 6.07 Å². The fraction of sp³-hybridized carbons (Fsp3) is 0.368. The van der Waals surface area contributed by atoms with Gasteiger partial charge in [0, 0.05) is 58.9 Å². The van der Waals surface area contributed by atoms with E-state index in [-0.39, 0.29) is 71.1 Å². The molecule has 1 aromatic heterocycles. The van der Waals surface area contributed by atoms with Crippen molar-refractivity contribution in [1.82, 2.24) is 20.2 Å². The van der Waals surface area contributed by atoms with Gasteiger partial charge in [-0.15, -0.1) is 6.42 Å². The average Bonchev–Trinajstić information content (AvgIpc) is 3.75. The third-order valence-corrected chi connectivity index (χ3v) is 11.8. The first-order valence-corrected chi connectivity index (χ1v) is 17.1. The highest BCUT2D eigenvalue weighted by Gasteiger charge is 2.49. The van der Waals surface area contributed by atoms with Gasteiger partial charge in [0.25, 0.3) is 6.08 Å². The topological polar surface area (TPSA) is 73.8 Å². The van der Waals surface area contributed by atoms with E-state index in [4.69, 9.17) is 32.7 Å². The number of ether oxygens (including phenoxy) is 1. The Morgan fingerprint density at radius 2 is 2.06 bits per heavy atom. The molecular formula is C38H33ClF3N5O2. The molecule has 5 aliphatic rings. The number of piperazine rings is 1. The molecule has 4 saturated heterocycles. The average molecular weight is 684 g/mol. The Kier molecular flexibility index (Phi) is 6.97. The number of phenolic OH excluding ortho intramolecular Hbond substituents is 1. The Balaban J connectivity index is 1.27. The lowest BCUT2D eigenvalue weighted by Gasteiger charge is -2.41. The number of terminal acetylenes is 1. The molecule has 11 heteroatoms. The third-order valence-electron chi connectivity index (χ3n) is 11.4. The Bertz CT molecular complexity index is 2200. The number of hydrogen-bond donors (Lipinski definition) is 2. The van der Waals surface area contributed by atoms with Gasteiger partial charge in [0.05, 0.1) is 15.9 Å². The van der Waals surface area contributed by atoms with E-state index < -0.39 is 17.4 Å². The van der Waals surface area contributed by atoms with Crippen molar-refractivity contribution in [2.24, 2.45) is 0 Å². The Labute approximate surface area is 286 Å². The highest BCUT2D eigenvalue weighted by molar-refractivity contribution is 6.37. The van der Waals surface area contributed by atoms with Gasteiger partial charge in [-0.2, -0.15) is 18.7 Å². The molecule has 0 radical (unpaired) electrons. The molecule has 3 aromatic carbocycles. The highest BCUT2D eigenvalue weighted by Crippen LogP contribution is 2.51. The third kappa shape index (κ3) is 4.59. The van der Waals surface area contributed by atoms with Gasteiger partial charge in [-0.3, -0.25) is 4.90 Å². The number of phenols is 1. The molecule has 4 aromatic rings. The Hall–Kier alpha value is -4.30. The summed E-state index contributed by atoms with van der Waals surface area (Å²) in [5, 5.41) is 16.3. The first-order valence-electron chi connectivity index (χ1n) is 16.7. The van der Waals surface area contributed by atoms with Crippen LogP contribution in [0, 0.1) is 18.2 Å². The molecule has 2 N–H and O–H groups in total. The van der Waals surface area contributed by atoms with E-state index in [9.17, 15) is 13.9 Å². The predicted octanol–water partition coefficient (Wildman–Crippen LogP) is 7.42. The number of benzene rings is 3. The summed E-state index contributed by atoms with van der Waals surface area (Å²) >= 11 is 7.29. The van der Waals surface area contributed by atoms with Crippen LogP contribution in [0.25, 0.3) is 38.4 Å². The molecular weight excluding hydrogens is 651 g/mol. The number of halogens is 4. The number of rotatable bonds is 4. The van der Waals surface area contributed by atoms with Gasteiger partial charge in [-0.25, -0.2) is 4.39 Å². The number of nitrogens with one attached hydrogen (secondary N) is 1. The van der Waals surface area contributed by atoms with Crippen molar-refractivity contribution in [3.63, 3.8) is 0 Å². The highest BCUT2D eigenvalue weighted by atomic mass is 35.5. The van der Waals surface area contributed by atoms with Crippen LogP contribution in [0.3, 0.4) is 0 Å². The summed E-state index contributed by atoms with van der Waals surface area (Å²) in [6, 6.07) is 8.79. The van der Waals surface area contributed by atoms with Crippen molar-refractivity contribution >= 4 is 44.7 Å². The smallest absolute Gasteiger partial charge is 0.319 e. The van der Waals surface area contributed by atoms with Crippen molar-refractivity contribution < 1.29 is 23.0 Å². The summed E-state index contributed by atoms with van der Waals surface area (Å²) < 4.78 is 51.2. The Morgan fingerprint density at radius 3 is 2.88 bits per heavy atom. The minimum absolute atomic E-state index is 0.0132. The quantitative estimate of drug-likeness (QED) is 0.217. The number of aromatic nitrogens is 2. The van der Waals surface area contributed by atoms with E-state index in [2.05, 4.69) is 27.6 Å². The zero-order valence-corrected chi connectivity index (χ0v) is 27.4. The maximum atomic E-state index is 17.4. The molecule has 250 valence electrons. The second-order valence-corrected chi connectivity index (χ2v) is 14.5. The lowest BCUT2D eigenvalue weighted by atomic mass is 9.89. The lowest BCUT2D eigenvalue weighted by Crippen LogP contribution is -2.58. The molecule has 0 aliphatic carbocycles. The number of nitrogens with zero attached hydrogens (tertiary/aromatic N) is 4. The van der Waals surface area contributed by atoms with Gasteiger partial charge in [-0.1, -0.05) is 36.2 Å². The SMILES string of the molecule is C#Cc1cccc2cc(O)cc(-c3c(Cl)c4c5c(nc(OC[C@@]67CCCN6CC(=C(F)F)C7)nc5c3F)N3C[C@H]5CC[C@H](N5)[C@H]3CC4=C)c12. The summed E-state index contributed by atoms with van der Waals surface area (Å²) in [7, 11) is 0. The van der Waals surface area contributed by atoms with Gasteiger partial charge < -0.3 is 20.1 Å². The van der Waals surface area contributed by atoms with Crippen molar-refractivity contribution in [3.8, 4) is 35.2 Å². The fourth-order valence-corrected chi connectivity index (χ4v) is 9.65. The van der Waals surface area contributed by atoms with Gasteiger partial charge >= 0.3 is 6.01 Å². The first kappa shape index (κ1) is 30.7. The van der Waals surface area contributed by atoms with Crippen LogP contribution in [0.4, 0.5) is 19.0 Å². The number of fused-ring (bicyclic) bond motifs is 7. The van der Waals surface area contributed by atoms with Gasteiger partial charge in [-0.05, 0) is 79.8 Å². The second kappa shape index (κ2) is 11.1. The zero-order valence-electron chi connectivity index (χ0n) is 26.6. The number of anilines is 1. The fourth-order valence-electron chi connectivity index (χ4n) is 9.24. The molecule has 2 bridgehead atoms. The standard InChI is InChI=1S/C38H33ClF3N5O2/c1-3-20-6-4-7-21-13-24(48)14-25(29(20)21)30-32(39)28-19(2)12-27-26-9-8-23(43-26)17-47(27)36-31(28)34(33(30)40)44-37(45-36)49-18-38-10-5-11-46(38)16-22(15-38)35(41)42/h1,4,6-7,13-14,23,26-27,43,48H,2,5,8-12,15-18H2/t23-,26+,27-,38+/m1/s1. The van der Waals surface area contributed by atoms with Crippen LogP contribution < -0.4 is 15.0 Å². The molecule has 5 aliphatic heterocycles. The molecule has 7 nitrogen and oxygen atoms in total. The number of hydrogen-bond acceptors (Lipinski definition) is 7.